The fourth-order valence-electron chi connectivity index (χ4n) is 3.83. The zero-order valence-corrected chi connectivity index (χ0v) is 17.3. The number of hydrogen-bond donors (Lipinski definition) is 1. The molecule has 0 bridgehead atoms. The number of para-hydroxylation sites is 1. The van der Waals surface area contributed by atoms with Crippen LogP contribution in [0.25, 0.3) is 0 Å². The second-order valence-corrected chi connectivity index (χ2v) is 7.44. The molecule has 0 unspecified atom stereocenters. The smallest absolute Gasteiger partial charge is 0.150 e. The lowest BCUT2D eigenvalue weighted by Gasteiger charge is -2.36. The zero-order valence-electron chi connectivity index (χ0n) is 17.3. The van der Waals surface area contributed by atoms with Crippen LogP contribution in [-0.4, -0.2) is 17.7 Å². The minimum atomic E-state index is -1.04. The summed E-state index contributed by atoms with van der Waals surface area (Å²) in [4.78, 5) is 22.5. The molecular formula is C28H22O4. The molecule has 0 aliphatic carbocycles. The van der Waals surface area contributed by atoms with Crippen molar-refractivity contribution in [2.45, 2.75) is 12.2 Å². The summed E-state index contributed by atoms with van der Waals surface area (Å²) in [6.45, 7) is 0.145. The van der Waals surface area contributed by atoms with Crippen LogP contribution in [0.5, 0.6) is 5.75 Å². The number of phenols is 1. The van der Waals surface area contributed by atoms with Gasteiger partial charge in [-0.2, -0.15) is 0 Å². The van der Waals surface area contributed by atoms with Crippen molar-refractivity contribution in [3.8, 4) is 5.75 Å². The van der Waals surface area contributed by atoms with Gasteiger partial charge in [-0.05, 0) is 22.8 Å². The monoisotopic (exact) mass is 422 g/mol. The summed E-state index contributed by atoms with van der Waals surface area (Å²) in [6.07, 6.45) is 1.60. The van der Waals surface area contributed by atoms with E-state index in [1.165, 1.54) is 0 Å². The number of phenolic OH excluding ortho intramolecular Hbond substituents is 1. The van der Waals surface area contributed by atoms with E-state index in [9.17, 15) is 14.7 Å². The van der Waals surface area contributed by atoms with Gasteiger partial charge in [0.1, 0.15) is 23.9 Å². The molecule has 0 radical (unpaired) electrons. The molecule has 0 heterocycles. The van der Waals surface area contributed by atoms with Gasteiger partial charge in [-0.25, -0.2) is 0 Å². The molecule has 4 nitrogen and oxygen atoms in total. The van der Waals surface area contributed by atoms with E-state index in [4.69, 9.17) is 4.74 Å². The van der Waals surface area contributed by atoms with Gasteiger partial charge in [0.25, 0.3) is 0 Å². The van der Waals surface area contributed by atoms with E-state index in [2.05, 4.69) is 0 Å². The fraction of sp³-hybridized carbons (Fsp3) is 0.0714. The van der Waals surface area contributed by atoms with Crippen LogP contribution in [0.2, 0.25) is 0 Å². The van der Waals surface area contributed by atoms with E-state index in [1.54, 1.807) is 36.4 Å². The summed E-state index contributed by atoms with van der Waals surface area (Å²) >= 11 is 0. The lowest BCUT2D eigenvalue weighted by atomic mass is 9.79. The van der Waals surface area contributed by atoms with Crippen LogP contribution >= 0.6 is 0 Å². The molecule has 1 N–H and O–H groups in total. The van der Waals surface area contributed by atoms with Gasteiger partial charge in [-0.1, -0.05) is 97.1 Å². The molecule has 4 aromatic carbocycles. The van der Waals surface area contributed by atoms with Gasteiger partial charge in [-0.15, -0.1) is 0 Å². The molecule has 32 heavy (non-hydrogen) atoms. The minimum Gasteiger partial charge on any atom is -0.508 e. The van der Waals surface area contributed by atoms with E-state index in [1.807, 2.05) is 66.7 Å². The number of rotatable bonds is 8. The van der Waals surface area contributed by atoms with Gasteiger partial charge in [0.2, 0.25) is 0 Å². The van der Waals surface area contributed by atoms with Gasteiger partial charge >= 0.3 is 0 Å². The molecule has 0 amide bonds. The molecule has 0 aliphatic rings. The number of aldehydes is 2. The van der Waals surface area contributed by atoms with Crippen molar-refractivity contribution in [1.29, 1.82) is 0 Å². The van der Waals surface area contributed by atoms with E-state index >= 15 is 0 Å². The van der Waals surface area contributed by atoms with Crippen molar-refractivity contribution >= 4 is 12.6 Å². The second-order valence-electron chi connectivity index (χ2n) is 7.44. The maximum Gasteiger partial charge on any atom is 0.150 e. The van der Waals surface area contributed by atoms with Gasteiger partial charge in [0.15, 0.2) is 0 Å². The summed E-state index contributed by atoms with van der Waals surface area (Å²) in [6, 6.07) is 31.3. The number of aromatic hydroxyl groups is 1. The molecule has 0 saturated carbocycles. The standard InChI is InChI=1S/C28H22O4/c29-18-21-10-14-25(15-11-21)28(24-7-2-1-3-8-24,26-16-12-22(19-30)13-17-26)32-20-23-6-4-5-9-27(23)31/h1-19,31H,20H2. The number of benzene rings is 4. The molecule has 0 fully saturated rings. The van der Waals surface area contributed by atoms with Crippen molar-refractivity contribution < 1.29 is 19.4 Å². The third-order valence-corrected chi connectivity index (χ3v) is 5.52. The quantitative estimate of drug-likeness (QED) is 0.300. The molecule has 0 aromatic heterocycles. The summed E-state index contributed by atoms with van der Waals surface area (Å²) in [7, 11) is 0. The Balaban J connectivity index is 1.92. The van der Waals surface area contributed by atoms with Crippen LogP contribution in [0.4, 0.5) is 0 Å². The van der Waals surface area contributed by atoms with Gasteiger partial charge in [0, 0.05) is 16.7 Å². The molecule has 0 aliphatic heterocycles. The molecular weight excluding hydrogens is 400 g/mol. The summed E-state index contributed by atoms with van der Waals surface area (Å²) < 4.78 is 6.67. The SMILES string of the molecule is O=Cc1ccc(C(OCc2ccccc2O)(c2ccccc2)c2ccc(C=O)cc2)cc1. The minimum absolute atomic E-state index is 0.145. The Morgan fingerprint density at radius 1 is 0.625 bits per heavy atom. The van der Waals surface area contributed by atoms with E-state index in [0.717, 1.165) is 29.3 Å². The highest BCUT2D eigenvalue weighted by Gasteiger charge is 2.38. The Kier molecular flexibility index (Phi) is 6.24. The molecule has 4 heteroatoms. The van der Waals surface area contributed by atoms with Gasteiger partial charge in [-0.3, -0.25) is 9.59 Å². The third-order valence-electron chi connectivity index (χ3n) is 5.52. The van der Waals surface area contributed by atoms with E-state index in [-0.39, 0.29) is 12.4 Å². The Hall–Kier alpha value is -4.02. The first-order chi connectivity index (χ1) is 15.7. The van der Waals surface area contributed by atoms with Crippen molar-refractivity contribution in [3.63, 3.8) is 0 Å². The number of carbonyl (C=O) groups excluding carboxylic acids is 2. The Bertz CT molecular complexity index is 1140. The lowest BCUT2D eigenvalue weighted by Crippen LogP contribution is -2.33. The highest BCUT2D eigenvalue weighted by Crippen LogP contribution is 2.41. The van der Waals surface area contributed by atoms with Crippen LogP contribution in [0.3, 0.4) is 0 Å². The summed E-state index contributed by atoms with van der Waals surface area (Å²) in [5.41, 5.74) is 3.27. The van der Waals surface area contributed by atoms with Crippen LogP contribution in [0, 0.1) is 0 Å². The lowest BCUT2D eigenvalue weighted by molar-refractivity contribution is -0.000562. The maximum atomic E-state index is 11.2. The highest BCUT2D eigenvalue weighted by molar-refractivity contribution is 5.75. The Labute approximate surface area is 186 Å². The average Bonchev–Trinajstić information content (AvgIpc) is 2.87. The van der Waals surface area contributed by atoms with Crippen molar-refractivity contribution in [2.75, 3.05) is 0 Å². The zero-order chi connectivity index (χ0) is 22.4. The van der Waals surface area contributed by atoms with Gasteiger partial charge in [0.05, 0.1) is 6.61 Å². The number of ether oxygens (including phenoxy) is 1. The van der Waals surface area contributed by atoms with Crippen LogP contribution in [0.1, 0.15) is 43.0 Å². The topological polar surface area (TPSA) is 63.6 Å². The maximum absolute atomic E-state index is 11.2. The molecule has 4 rings (SSSR count). The largest absolute Gasteiger partial charge is 0.508 e. The van der Waals surface area contributed by atoms with E-state index < -0.39 is 5.60 Å². The fourth-order valence-corrected chi connectivity index (χ4v) is 3.83. The normalized spacial score (nSPS) is 11.1. The van der Waals surface area contributed by atoms with Crippen molar-refractivity contribution in [3.05, 3.63) is 137 Å². The average molecular weight is 422 g/mol. The van der Waals surface area contributed by atoms with E-state index in [0.29, 0.717) is 16.7 Å². The third kappa shape index (κ3) is 4.09. The number of hydrogen-bond acceptors (Lipinski definition) is 4. The molecule has 0 saturated heterocycles. The van der Waals surface area contributed by atoms with Crippen LogP contribution < -0.4 is 0 Å². The van der Waals surface area contributed by atoms with Crippen LogP contribution in [-0.2, 0) is 16.9 Å². The predicted octanol–water partition coefficient (Wildman–Crippen LogP) is 5.53. The molecule has 0 spiro atoms. The number of carbonyl (C=O) groups is 2. The predicted molar refractivity (Wildman–Crippen MR) is 123 cm³/mol. The molecule has 0 atom stereocenters. The molecule has 4 aromatic rings. The van der Waals surface area contributed by atoms with Crippen molar-refractivity contribution in [1.82, 2.24) is 0 Å². The molecule has 158 valence electrons. The second kappa shape index (κ2) is 9.41. The summed E-state index contributed by atoms with van der Waals surface area (Å²) in [5.74, 6) is 0.155. The summed E-state index contributed by atoms with van der Waals surface area (Å²) in [5, 5.41) is 10.3. The highest BCUT2D eigenvalue weighted by atomic mass is 16.5. The van der Waals surface area contributed by atoms with Gasteiger partial charge < -0.3 is 9.84 Å². The van der Waals surface area contributed by atoms with Crippen molar-refractivity contribution in [2.24, 2.45) is 0 Å². The Morgan fingerprint density at radius 2 is 1.09 bits per heavy atom. The van der Waals surface area contributed by atoms with Crippen LogP contribution in [0.15, 0.2) is 103 Å². The first-order valence-corrected chi connectivity index (χ1v) is 10.2. The first kappa shape index (κ1) is 21.2. The first-order valence-electron chi connectivity index (χ1n) is 10.2. The Morgan fingerprint density at radius 3 is 1.59 bits per heavy atom.